The molecule has 26 heavy (non-hydrogen) atoms. The second-order valence-electron chi connectivity index (χ2n) is 5.82. The minimum atomic E-state index is -3.72. The number of amides is 1. The van der Waals surface area contributed by atoms with Crippen molar-refractivity contribution in [1.82, 2.24) is 4.90 Å². The van der Waals surface area contributed by atoms with E-state index in [1.807, 2.05) is 0 Å². The van der Waals surface area contributed by atoms with Crippen LogP contribution in [-0.4, -0.2) is 38.7 Å². The molecule has 0 fully saturated rings. The zero-order valence-corrected chi connectivity index (χ0v) is 14.8. The first-order valence-electron chi connectivity index (χ1n) is 7.82. The smallest absolute Gasteiger partial charge is 0.285 e. The van der Waals surface area contributed by atoms with Crippen molar-refractivity contribution < 1.29 is 13.2 Å². The molecule has 0 radical (unpaired) electrons. The van der Waals surface area contributed by atoms with E-state index in [1.165, 1.54) is 11.0 Å². The molecule has 132 valence electrons. The van der Waals surface area contributed by atoms with Gasteiger partial charge in [-0.25, -0.2) is 0 Å². The summed E-state index contributed by atoms with van der Waals surface area (Å²) in [7, 11) is -2.10. The van der Waals surface area contributed by atoms with Crippen molar-refractivity contribution in [2.45, 2.75) is 11.3 Å². The van der Waals surface area contributed by atoms with Crippen LogP contribution in [0.1, 0.15) is 11.1 Å². The second kappa shape index (κ2) is 6.98. The Balaban J connectivity index is 1.70. The van der Waals surface area contributed by atoms with Crippen LogP contribution in [0.25, 0.3) is 0 Å². The molecule has 1 aliphatic heterocycles. The Morgan fingerprint density at radius 1 is 1.19 bits per heavy atom. The van der Waals surface area contributed by atoms with Gasteiger partial charge in [-0.05, 0) is 29.8 Å². The molecule has 7 nitrogen and oxygen atoms in total. The fourth-order valence-electron chi connectivity index (χ4n) is 2.65. The van der Waals surface area contributed by atoms with Crippen LogP contribution in [0.4, 0.5) is 5.69 Å². The van der Waals surface area contributed by atoms with Crippen LogP contribution in [0.5, 0.6) is 0 Å². The van der Waals surface area contributed by atoms with Gasteiger partial charge in [0.05, 0.1) is 19.0 Å². The number of nitrogens with zero attached hydrogens (tertiary/aromatic N) is 3. The largest absolute Gasteiger partial charge is 0.349 e. The Morgan fingerprint density at radius 3 is 2.58 bits per heavy atom. The summed E-state index contributed by atoms with van der Waals surface area (Å²) in [5, 5.41) is 11.4. The summed E-state index contributed by atoms with van der Waals surface area (Å²) in [6.07, 6.45) is 0.310. The van der Waals surface area contributed by atoms with Crippen molar-refractivity contribution in [3.63, 3.8) is 0 Å². The Kier molecular flexibility index (Phi) is 4.73. The van der Waals surface area contributed by atoms with Crippen LogP contribution in [0.2, 0.25) is 0 Å². The molecule has 0 atom stereocenters. The minimum Gasteiger partial charge on any atom is -0.349 e. The molecular formula is C18H16N4O3S. The molecule has 0 spiro atoms. The number of anilines is 1. The van der Waals surface area contributed by atoms with E-state index in [9.17, 15) is 13.2 Å². The van der Waals surface area contributed by atoms with E-state index in [0.717, 1.165) is 5.56 Å². The summed E-state index contributed by atoms with van der Waals surface area (Å²) in [5.74, 6) is -0.0508. The fraction of sp³-hybridized carbons (Fsp3) is 0.167. The maximum Gasteiger partial charge on any atom is 0.285 e. The lowest BCUT2D eigenvalue weighted by Gasteiger charge is -2.18. The highest BCUT2D eigenvalue weighted by molar-refractivity contribution is 7.90. The number of nitriles is 1. The Labute approximate surface area is 151 Å². The summed E-state index contributed by atoms with van der Waals surface area (Å²) in [4.78, 5) is 13.9. The number of hydrogen-bond acceptors (Lipinski definition) is 5. The van der Waals surface area contributed by atoms with Gasteiger partial charge < -0.3 is 10.2 Å². The van der Waals surface area contributed by atoms with Gasteiger partial charge in [0, 0.05) is 18.3 Å². The summed E-state index contributed by atoms with van der Waals surface area (Å²) >= 11 is 0. The maximum absolute atomic E-state index is 12.3. The van der Waals surface area contributed by atoms with Crippen molar-refractivity contribution >= 4 is 27.5 Å². The van der Waals surface area contributed by atoms with Crippen LogP contribution in [0, 0.1) is 11.3 Å². The van der Waals surface area contributed by atoms with E-state index < -0.39 is 10.0 Å². The van der Waals surface area contributed by atoms with E-state index in [4.69, 9.17) is 5.26 Å². The third-order valence-electron chi connectivity index (χ3n) is 3.88. The van der Waals surface area contributed by atoms with Gasteiger partial charge in [0.1, 0.15) is 4.90 Å². The van der Waals surface area contributed by atoms with Gasteiger partial charge in [-0.2, -0.15) is 13.7 Å². The number of carbonyl (C=O) groups is 1. The van der Waals surface area contributed by atoms with Crippen molar-refractivity contribution in [3.05, 3.63) is 59.7 Å². The molecule has 0 unspecified atom stereocenters. The fourth-order valence-corrected chi connectivity index (χ4v) is 3.90. The minimum absolute atomic E-state index is 0.0529. The molecule has 1 heterocycles. The standard InChI is InChI=1S/C18H16N4O3S/c1-22(18-15-4-2-3-5-16(15)26(24,25)21-18)12-17(23)20-14-8-6-13(7-9-14)10-11-19/h2-9H,10,12H2,1H3,(H,20,23). The molecule has 2 aromatic rings. The van der Waals surface area contributed by atoms with E-state index in [1.54, 1.807) is 49.5 Å². The first-order chi connectivity index (χ1) is 12.4. The highest BCUT2D eigenvalue weighted by Gasteiger charge is 2.30. The van der Waals surface area contributed by atoms with Crippen LogP contribution in [-0.2, 0) is 21.2 Å². The molecule has 0 aromatic heterocycles. The highest BCUT2D eigenvalue weighted by Crippen LogP contribution is 2.26. The summed E-state index contributed by atoms with van der Waals surface area (Å²) in [6, 6.07) is 15.6. The number of amidine groups is 1. The van der Waals surface area contributed by atoms with E-state index in [0.29, 0.717) is 17.7 Å². The van der Waals surface area contributed by atoms with Crippen LogP contribution in [0.15, 0.2) is 57.8 Å². The van der Waals surface area contributed by atoms with E-state index >= 15 is 0 Å². The number of carbonyl (C=O) groups excluding carboxylic acids is 1. The van der Waals surface area contributed by atoms with Crippen LogP contribution >= 0.6 is 0 Å². The van der Waals surface area contributed by atoms with E-state index in [2.05, 4.69) is 15.8 Å². The van der Waals surface area contributed by atoms with E-state index in [-0.39, 0.29) is 23.2 Å². The quantitative estimate of drug-likeness (QED) is 0.886. The lowest BCUT2D eigenvalue weighted by Crippen LogP contribution is -2.34. The second-order valence-corrected chi connectivity index (χ2v) is 7.39. The van der Waals surface area contributed by atoms with Gasteiger partial charge in [-0.15, -0.1) is 4.40 Å². The molecule has 1 N–H and O–H groups in total. The van der Waals surface area contributed by atoms with Gasteiger partial charge in [-0.1, -0.05) is 24.3 Å². The molecule has 0 bridgehead atoms. The summed E-state index contributed by atoms with van der Waals surface area (Å²) < 4.78 is 28.0. The number of rotatable bonds is 4. The highest BCUT2D eigenvalue weighted by atomic mass is 32.2. The van der Waals surface area contributed by atoms with Crippen molar-refractivity contribution in [3.8, 4) is 6.07 Å². The lowest BCUT2D eigenvalue weighted by molar-refractivity contribution is -0.116. The zero-order chi connectivity index (χ0) is 18.7. The SMILES string of the molecule is CN(CC(=O)Nc1ccc(CC#N)cc1)C1=NS(=O)(=O)c2ccccc21. The van der Waals surface area contributed by atoms with Crippen LogP contribution in [0.3, 0.4) is 0 Å². The Bertz CT molecular complexity index is 1020. The first-order valence-corrected chi connectivity index (χ1v) is 9.26. The molecule has 0 saturated heterocycles. The van der Waals surface area contributed by atoms with Crippen molar-refractivity contribution in [2.75, 3.05) is 18.9 Å². The molecule has 0 aliphatic carbocycles. The van der Waals surface area contributed by atoms with Crippen molar-refractivity contribution in [2.24, 2.45) is 4.40 Å². The van der Waals surface area contributed by atoms with Gasteiger partial charge in [0.25, 0.3) is 10.0 Å². The zero-order valence-electron chi connectivity index (χ0n) is 14.0. The molecular weight excluding hydrogens is 352 g/mol. The third-order valence-corrected chi connectivity index (χ3v) is 5.20. The van der Waals surface area contributed by atoms with Gasteiger partial charge in [0.2, 0.25) is 5.91 Å². The van der Waals surface area contributed by atoms with Crippen LogP contribution < -0.4 is 5.32 Å². The topological polar surface area (TPSA) is 103 Å². The molecule has 1 amide bonds. The molecule has 3 rings (SSSR count). The Hall–Kier alpha value is -3.18. The first kappa shape index (κ1) is 17.6. The molecule has 1 aliphatic rings. The number of hydrogen-bond donors (Lipinski definition) is 1. The summed E-state index contributed by atoms with van der Waals surface area (Å²) in [5.41, 5.74) is 1.96. The van der Waals surface area contributed by atoms with Crippen molar-refractivity contribution in [1.29, 1.82) is 5.26 Å². The number of fused-ring (bicyclic) bond motifs is 1. The van der Waals surface area contributed by atoms with Gasteiger partial charge >= 0.3 is 0 Å². The summed E-state index contributed by atoms with van der Waals surface area (Å²) in [6.45, 7) is -0.0529. The Morgan fingerprint density at radius 2 is 1.88 bits per heavy atom. The predicted octanol–water partition coefficient (Wildman–Crippen LogP) is 1.77. The average molecular weight is 368 g/mol. The predicted molar refractivity (Wildman–Crippen MR) is 97.2 cm³/mol. The number of nitrogens with one attached hydrogen (secondary N) is 1. The van der Waals surface area contributed by atoms with Gasteiger partial charge in [-0.3, -0.25) is 4.79 Å². The number of likely N-dealkylation sites (N-methyl/N-ethyl adjacent to an activating group) is 1. The normalized spacial score (nSPS) is 14.1. The maximum atomic E-state index is 12.3. The average Bonchev–Trinajstić information content (AvgIpc) is 2.89. The number of benzene rings is 2. The van der Waals surface area contributed by atoms with Gasteiger partial charge in [0.15, 0.2) is 5.84 Å². The third kappa shape index (κ3) is 3.58. The lowest BCUT2D eigenvalue weighted by atomic mass is 10.1. The molecule has 8 heteroatoms. The number of sulfonamides is 1. The molecule has 0 saturated carbocycles. The monoisotopic (exact) mass is 368 g/mol. The molecule has 2 aromatic carbocycles.